The van der Waals surface area contributed by atoms with E-state index in [0.717, 1.165) is 42.7 Å². The molecule has 0 saturated heterocycles. The number of aliphatic hydroxyl groups excluding tert-OH is 1. The molecule has 1 aromatic carbocycles. The third-order valence-corrected chi connectivity index (χ3v) is 8.72. The molecule has 2 bridgehead atoms. The van der Waals surface area contributed by atoms with Crippen LogP contribution in [0.5, 0.6) is 5.75 Å². The number of carbonyl (C=O) groups is 1. The topological polar surface area (TPSA) is 58.6 Å². The summed E-state index contributed by atoms with van der Waals surface area (Å²) in [4.78, 5) is 12.9. The van der Waals surface area contributed by atoms with E-state index in [2.05, 4.69) is 12.2 Å². The molecule has 166 valence electrons. The largest absolute Gasteiger partial charge is 0.494 e. The van der Waals surface area contributed by atoms with Crippen molar-refractivity contribution in [1.82, 2.24) is 5.32 Å². The fourth-order valence-corrected chi connectivity index (χ4v) is 7.11. The number of hydrogen-bond acceptors (Lipinski definition) is 4. The molecule has 0 radical (unpaired) electrons. The number of amides is 1. The van der Waals surface area contributed by atoms with E-state index in [4.69, 9.17) is 21.4 Å². The minimum atomic E-state index is -0.103. The van der Waals surface area contributed by atoms with Crippen LogP contribution in [0.15, 0.2) is 18.2 Å². The molecule has 3 aliphatic carbocycles. The molecule has 30 heavy (non-hydrogen) atoms. The van der Waals surface area contributed by atoms with E-state index in [-0.39, 0.29) is 17.9 Å². The number of thioether (sulfide) groups is 1. The number of aliphatic hydroxyl groups is 1. The number of benzene rings is 1. The number of hydrogen-bond donors (Lipinski definition) is 2. The lowest BCUT2D eigenvalue weighted by molar-refractivity contribution is 0.0857. The summed E-state index contributed by atoms with van der Waals surface area (Å²) in [5.74, 6) is 4.39. The Kier molecular flexibility index (Phi) is 6.91. The second kappa shape index (κ2) is 9.30. The van der Waals surface area contributed by atoms with Crippen LogP contribution in [0.3, 0.4) is 0 Å². The third kappa shape index (κ3) is 5.11. The van der Waals surface area contributed by atoms with Crippen LogP contribution in [-0.2, 0) is 0 Å². The maximum atomic E-state index is 12.9. The first-order valence-electron chi connectivity index (χ1n) is 11.3. The SMILES string of the molecule is CC1(CNC(=O)c2cc(OCCCSCCCO)ccc2Cl)CC2CC3CC3(C2)C1. The molecule has 3 saturated carbocycles. The van der Waals surface area contributed by atoms with Crippen LogP contribution in [0, 0.1) is 22.7 Å². The van der Waals surface area contributed by atoms with E-state index in [9.17, 15) is 4.79 Å². The number of fused-ring (bicyclic) bond motifs is 1. The van der Waals surface area contributed by atoms with Crippen LogP contribution < -0.4 is 10.1 Å². The molecular weight excluding hydrogens is 418 g/mol. The Balaban J connectivity index is 1.26. The zero-order chi connectivity index (χ0) is 21.2. The van der Waals surface area contributed by atoms with Gasteiger partial charge < -0.3 is 15.2 Å². The minimum Gasteiger partial charge on any atom is -0.494 e. The van der Waals surface area contributed by atoms with Gasteiger partial charge in [0, 0.05) is 13.2 Å². The maximum Gasteiger partial charge on any atom is 0.252 e. The highest BCUT2D eigenvalue weighted by Crippen LogP contribution is 2.73. The fourth-order valence-electron chi connectivity index (χ4n) is 6.05. The Morgan fingerprint density at radius 2 is 2.13 bits per heavy atom. The first kappa shape index (κ1) is 22.3. The van der Waals surface area contributed by atoms with Crippen molar-refractivity contribution in [1.29, 1.82) is 0 Å². The molecule has 2 N–H and O–H groups in total. The van der Waals surface area contributed by atoms with E-state index in [0.29, 0.717) is 28.4 Å². The van der Waals surface area contributed by atoms with Crippen LogP contribution >= 0.6 is 23.4 Å². The van der Waals surface area contributed by atoms with Crippen LogP contribution in [0.25, 0.3) is 0 Å². The number of nitrogens with one attached hydrogen (secondary N) is 1. The first-order chi connectivity index (χ1) is 14.4. The second-order valence-electron chi connectivity index (χ2n) is 9.98. The van der Waals surface area contributed by atoms with Gasteiger partial charge in [0.1, 0.15) is 5.75 Å². The van der Waals surface area contributed by atoms with E-state index in [1.54, 1.807) is 12.1 Å². The van der Waals surface area contributed by atoms with E-state index < -0.39 is 0 Å². The molecule has 1 spiro atoms. The average molecular weight is 452 g/mol. The Hall–Kier alpha value is -0.910. The summed E-state index contributed by atoms with van der Waals surface area (Å²) in [5, 5.41) is 12.4. The summed E-state index contributed by atoms with van der Waals surface area (Å²) in [5.41, 5.74) is 1.32. The molecule has 0 heterocycles. The van der Waals surface area contributed by atoms with Gasteiger partial charge in [0.15, 0.2) is 0 Å². The predicted molar refractivity (Wildman–Crippen MR) is 124 cm³/mol. The smallest absolute Gasteiger partial charge is 0.252 e. The highest BCUT2D eigenvalue weighted by atomic mass is 35.5. The quantitative estimate of drug-likeness (QED) is 0.455. The van der Waals surface area contributed by atoms with Crippen molar-refractivity contribution in [2.75, 3.05) is 31.3 Å². The molecule has 4 atom stereocenters. The van der Waals surface area contributed by atoms with Gasteiger partial charge >= 0.3 is 0 Å². The van der Waals surface area contributed by atoms with Gasteiger partial charge in [-0.3, -0.25) is 4.79 Å². The summed E-state index contributed by atoms with van der Waals surface area (Å²) in [6.45, 7) is 3.93. The summed E-state index contributed by atoms with van der Waals surface area (Å²) in [6, 6.07) is 5.34. The Bertz CT molecular complexity index is 775. The predicted octanol–water partition coefficient (Wildman–Crippen LogP) is 5.17. The van der Waals surface area contributed by atoms with Crippen LogP contribution in [-0.4, -0.2) is 42.3 Å². The molecule has 1 aromatic rings. The molecule has 1 amide bonds. The minimum absolute atomic E-state index is 0.103. The molecule has 4 rings (SSSR count). The fraction of sp³-hybridized carbons (Fsp3) is 0.708. The lowest BCUT2D eigenvalue weighted by Crippen LogP contribution is -2.40. The summed E-state index contributed by atoms with van der Waals surface area (Å²) in [7, 11) is 0. The van der Waals surface area contributed by atoms with Gasteiger partial charge in [-0.2, -0.15) is 11.8 Å². The molecule has 4 nitrogen and oxygen atoms in total. The van der Waals surface area contributed by atoms with Crippen LogP contribution in [0.4, 0.5) is 0 Å². The molecule has 3 fully saturated rings. The average Bonchev–Trinajstić information content (AvgIpc) is 3.26. The summed E-state index contributed by atoms with van der Waals surface area (Å²) >= 11 is 8.15. The first-order valence-corrected chi connectivity index (χ1v) is 12.9. The molecule has 4 unspecified atom stereocenters. The van der Waals surface area contributed by atoms with Gasteiger partial charge in [0.2, 0.25) is 0 Å². The highest BCUT2D eigenvalue weighted by molar-refractivity contribution is 7.99. The Morgan fingerprint density at radius 1 is 1.30 bits per heavy atom. The van der Waals surface area contributed by atoms with Gasteiger partial charge in [-0.05, 0) is 97.3 Å². The van der Waals surface area contributed by atoms with Gasteiger partial charge in [-0.15, -0.1) is 0 Å². The Morgan fingerprint density at radius 3 is 2.93 bits per heavy atom. The summed E-state index contributed by atoms with van der Waals surface area (Å²) < 4.78 is 5.83. The monoisotopic (exact) mass is 451 g/mol. The van der Waals surface area contributed by atoms with Gasteiger partial charge in [-0.1, -0.05) is 18.5 Å². The van der Waals surface area contributed by atoms with Crippen molar-refractivity contribution in [3.05, 3.63) is 28.8 Å². The molecule has 0 aliphatic heterocycles. The normalized spacial score (nSPS) is 31.3. The van der Waals surface area contributed by atoms with Gasteiger partial charge in [0.05, 0.1) is 17.2 Å². The maximum absolute atomic E-state index is 12.9. The standard InChI is InChI=1S/C24H34ClNO3S/c1-23(12-17-10-18-14-24(18,13-17)15-23)16-26-22(28)20-11-19(4-5-21(20)25)29-7-3-9-30-8-2-6-27/h4-5,11,17-18,27H,2-3,6-10,12-16H2,1H3,(H,26,28). The molecular formula is C24H34ClNO3S. The van der Waals surface area contributed by atoms with Crippen LogP contribution in [0.1, 0.15) is 62.2 Å². The van der Waals surface area contributed by atoms with E-state index >= 15 is 0 Å². The van der Waals surface area contributed by atoms with Crippen molar-refractivity contribution in [2.45, 2.75) is 51.9 Å². The number of halogens is 1. The number of rotatable bonds is 11. The number of ether oxygens (including phenoxy) is 1. The van der Waals surface area contributed by atoms with Crippen molar-refractivity contribution in [3.63, 3.8) is 0 Å². The van der Waals surface area contributed by atoms with Crippen LogP contribution in [0.2, 0.25) is 5.02 Å². The highest BCUT2D eigenvalue weighted by Gasteiger charge is 2.64. The van der Waals surface area contributed by atoms with Gasteiger partial charge in [0.25, 0.3) is 5.91 Å². The van der Waals surface area contributed by atoms with Crippen molar-refractivity contribution in [2.24, 2.45) is 22.7 Å². The van der Waals surface area contributed by atoms with E-state index in [1.807, 2.05) is 17.8 Å². The lowest BCUT2D eigenvalue weighted by atomic mass is 9.67. The Labute approximate surface area is 189 Å². The van der Waals surface area contributed by atoms with Crippen molar-refractivity contribution >= 4 is 29.3 Å². The van der Waals surface area contributed by atoms with Gasteiger partial charge in [-0.25, -0.2) is 0 Å². The van der Waals surface area contributed by atoms with Crippen molar-refractivity contribution < 1.29 is 14.6 Å². The third-order valence-electron chi connectivity index (χ3n) is 7.24. The van der Waals surface area contributed by atoms with E-state index in [1.165, 1.54) is 32.1 Å². The zero-order valence-corrected chi connectivity index (χ0v) is 19.5. The molecule has 3 aliphatic rings. The molecule has 6 heteroatoms. The summed E-state index contributed by atoms with van der Waals surface area (Å²) in [6.07, 6.45) is 8.51. The number of carbonyl (C=O) groups excluding carboxylic acids is 1. The second-order valence-corrected chi connectivity index (χ2v) is 11.6. The van der Waals surface area contributed by atoms with Crippen molar-refractivity contribution in [3.8, 4) is 5.75 Å². The zero-order valence-electron chi connectivity index (χ0n) is 17.9. The molecule has 0 aromatic heterocycles. The lowest BCUT2D eigenvalue weighted by Gasteiger charge is -2.40.